The fourth-order valence-corrected chi connectivity index (χ4v) is 2.37. The quantitative estimate of drug-likeness (QED) is 0.696. The van der Waals surface area contributed by atoms with E-state index in [0.29, 0.717) is 0 Å². The summed E-state index contributed by atoms with van der Waals surface area (Å²) < 4.78 is 30.0. The Balaban J connectivity index is 2.49. The van der Waals surface area contributed by atoms with Crippen LogP contribution in [0.15, 0.2) is 30.3 Å². The molecule has 1 aromatic rings. The van der Waals surface area contributed by atoms with E-state index in [4.69, 9.17) is 5.73 Å². The molecule has 0 aliphatic heterocycles. The lowest BCUT2D eigenvalue weighted by Crippen LogP contribution is -2.36. The zero-order chi connectivity index (χ0) is 14.3. The van der Waals surface area contributed by atoms with Crippen molar-refractivity contribution in [2.24, 2.45) is 5.73 Å². The van der Waals surface area contributed by atoms with E-state index in [1.807, 2.05) is 30.3 Å². The van der Waals surface area contributed by atoms with E-state index in [1.165, 1.54) is 0 Å². The number of sulfonamides is 1. The topological polar surface area (TPSA) is 98.5 Å². The minimum absolute atomic E-state index is 0.0335. The van der Waals surface area contributed by atoms with Gasteiger partial charge in [-0.15, -0.1) is 0 Å². The number of rotatable bonds is 7. The first-order chi connectivity index (χ1) is 8.94. The van der Waals surface area contributed by atoms with Crippen LogP contribution in [0, 0.1) is 0 Å². The highest BCUT2D eigenvalue weighted by Gasteiger charge is 2.18. The predicted molar refractivity (Wildman–Crippen MR) is 71.8 cm³/mol. The summed E-state index contributed by atoms with van der Waals surface area (Å²) in [7, 11) is -3.71. The van der Waals surface area contributed by atoms with Crippen molar-refractivity contribution in [3.05, 3.63) is 35.9 Å². The van der Waals surface area contributed by atoms with Crippen LogP contribution in [-0.2, 0) is 19.6 Å². The Morgan fingerprint density at radius 2 is 2.00 bits per heavy atom. The number of carbonyl (C=O) groups is 1. The number of carbonyl (C=O) groups excluding carboxylic acids is 1. The third-order valence-corrected chi connectivity index (χ3v) is 3.59. The van der Waals surface area contributed by atoms with Gasteiger partial charge in [0, 0.05) is 12.6 Å². The maximum atomic E-state index is 11.6. The summed E-state index contributed by atoms with van der Waals surface area (Å²) in [5, 5.41) is 0. The molecule has 19 heavy (non-hydrogen) atoms. The summed E-state index contributed by atoms with van der Waals surface area (Å²) in [5.41, 5.74) is 6.67. The van der Waals surface area contributed by atoms with Crippen LogP contribution in [0.5, 0.6) is 0 Å². The standard InChI is InChI=1S/C12H18N2O4S/c1-2-18-12(15)9-19(16,17)14-8-11(13)10-6-4-3-5-7-10/h3-7,11,14H,2,8-9,13H2,1H3. The Morgan fingerprint density at radius 1 is 1.37 bits per heavy atom. The van der Waals surface area contributed by atoms with Crippen LogP contribution in [0.4, 0.5) is 0 Å². The molecule has 1 aromatic carbocycles. The van der Waals surface area contributed by atoms with Crippen molar-refractivity contribution in [2.75, 3.05) is 18.9 Å². The highest BCUT2D eigenvalue weighted by molar-refractivity contribution is 7.90. The van der Waals surface area contributed by atoms with Crippen LogP contribution in [0.1, 0.15) is 18.5 Å². The SMILES string of the molecule is CCOC(=O)CS(=O)(=O)NCC(N)c1ccccc1. The van der Waals surface area contributed by atoms with E-state index in [-0.39, 0.29) is 13.2 Å². The Hall–Kier alpha value is -1.44. The summed E-state index contributed by atoms with van der Waals surface area (Å²) in [6, 6.07) is 8.65. The molecule has 0 aromatic heterocycles. The molecule has 7 heteroatoms. The van der Waals surface area contributed by atoms with Crippen LogP contribution in [0.25, 0.3) is 0 Å². The largest absolute Gasteiger partial charge is 0.465 e. The molecule has 0 heterocycles. The maximum Gasteiger partial charge on any atom is 0.322 e. The second-order valence-electron chi connectivity index (χ2n) is 3.93. The molecule has 0 bridgehead atoms. The van der Waals surface area contributed by atoms with Crippen molar-refractivity contribution in [2.45, 2.75) is 13.0 Å². The van der Waals surface area contributed by atoms with Crippen LogP contribution >= 0.6 is 0 Å². The molecule has 6 nitrogen and oxygen atoms in total. The van der Waals surface area contributed by atoms with E-state index in [2.05, 4.69) is 9.46 Å². The molecule has 0 spiro atoms. The van der Waals surface area contributed by atoms with Gasteiger partial charge in [0.15, 0.2) is 5.75 Å². The van der Waals surface area contributed by atoms with Crippen LogP contribution in [0.3, 0.4) is 0 Å². The lowest BCUT2D eigenvalue weighted by molar-refractivity contribution is -0.139. The van der Waals surface area contributed by atoms with Crippen LogP contribution < -0.4 is 10.5 Å². The highest BCUT2D eigenvalue weighted by Crippen LogP contribution is 2.08. The van der Waals surface area contributed by atoms with Gasteiger partial charge in [0.2, 0.25) is 10.0 Å². The first-order valence-corrected chi connectivity index (χ1v) is 7.53. The Morgan fingerprint density at radius 3 is 2.58 bits per heavy atom. The third-order valence-electron chi connectivity index (χ3n) is 2.36. The fraction of sp³-hybridized carbons (Fsp3) is 0.417. The summed E-state index contributed by atoms with van der Waals surface area (Å²) in [5.74, 6) is -1.47. The molecule has 0 radical (unpaired) electrons. The van der Waals surface area contributed by atoms with Crippen molar-refractivity contribution in [1.29, 1.82) is 0 Å². The Labute approximate surface area is 113 Å². The van der Waals surface area contributed by atoms with E-state index >= 15 is 0 Å². The molecular weight excluding hydrogens is 268 g/mol. The van der Waals surface area contributed by atoms with E-state index in [1.54, 1.807) is 6.92 Å². The van der Waals surface area contributed by atoms with Gasteiger partial charge >= 0.3 is 5.97 Å². The third kappa shape index (κ3) is 5.82. The average molecular weight is 286 g/mol. The molecule has 0 aliphatic rings. The molecule has 0 saturated carbocycles. The number of nitrogens with two attached hydrogens (primary N) is 1. The lowest BCUT2D eigenvalue weighted by atomic mass is 10.1. The summed E-state index contributed by atoms with van der Waals surface area (Å²) in [4.78, 5) is 11.1. The molecule has 0 fully saturated rings. The predicted octanol–water partition coefficient (Wildman–Crippen LogP) is 0.169. The summed E-state index contributed by atoms with van der Waals surface area (Å²) in [6.07, 6.45) is 0. The van der Waals surface area contributed by atoms with Gasteiger partial charge < -0.3 is 10.5 Å². The van der Waals surface area contributed by atoms with E-state index < -0.39 is 27.8 Å². The van der Waals surface area contributed by atoms with E-state index in [0.717, 1.165) is 5.56 Å². The molecule has 0 saturated heterocycles. The number of ether oxygens (including phenoxy) is 1. The number of nitrogens with one attached hydrogen (secondary N) is 1. The number of hydrogen-bond acceptors (Lipinski definition) is 5. The van der Waals surface area contributed by atoms with E-state index in [9.17, 15) is 13.2 Å². The van der Waals surface area contributed by atoms with Crippen LogP contribution in [0.2, 0.25) is 0 Å². The van der Waals surface area contributed by atoms with Gasteiger partial charge in [-0.1, -0.05) is 30.3 Å². The smallest absolute Gasteiger partial charge is 0.322 e. The highest BCUT2D eigenvalue weighted by atomic mass is 32.2. The van der Waals surface area contributed by atoms with Gasteiger partial charge in [-0.2, -0.15) is 0 Å². The molecular formula is C12H18N2O4S. The minimum Gasteiger partial charge on any atom is -0.465 e. The van der Waals surface area contributed by atoms with Crippen molar-refractivity contribution >= 4 is 16.0 Å². The van der Waals surface area contributed by atoms with Gasteiger partial charge in [-0.05, 0) is 12.5 Å². The summed E-state index contributed by atoms with van der Waals surface area (Å²) in [6.45, 7) is 1.80. The Bertz CT molecular complexity index is 502. The van der Waals surface area contributed by atoms with Gasteiger partial charge in [0.05, 0.1) is 6.61 Å². The molecule has 0 amide bonds. The zero-order valence-electron chi connectivity index (χ0n) is 10.7. The molecule has 1 rings (SSSR count). The normalized spacial score (nSPS) is 12.9. The van der Waals surface area contributed by atoms with Gasteiger partial charge in [0.25, 0.3) is 0 Å². The summed E-state index contributed by atoms with van der Waals surface area (Å²) >= 11 is 0. The van der Waals surface area contributed by atoms with Crippen LogP contribution in [-0.4, -0.2) is 33.3 Å². The first kappa shape index (κ1) is 15.6. The monoisotopic (exact) mass is 286 g/mol. The van der Waals surface area contributed by atoms with Crippen molar-refractivity contribution in [1.82, 2.24) is 4.72 Å². The number of hydrogen-bond donors (Lipinski definition) is 2. The minimum atomic E-state index is -3.71. The van der Waals surface area contributed by atoms with Crippen molar-refractivity contribution < 1.29 is 17.9 Å². The zero-order valence-corrected chi connectivity index (χ0v) is 11.5. The van der Waals surface area contributed by atoms with Gasteiger partial charge in [-0.3, -0.25) is 4.79 Å². The van der Waals surface area contributed by atoms with Crippen molar-refractivity contribution in [3.8, 4) is 0 Å². The first-order valence-electron chi connectivity index (χ1n) is 5.88. The molecule has 3 N–H and O–H groups in total. The average Bonchev–Trinajstić information content (AvgIpc) is 2.37. The molecule has 1 atom stereocenters. The van der Waals surface area contributed by atoms with Gasteiger partial charge in [-0.25, -0.2) is 13.1 Å². The second-order valence-corrected chi connectivity index (χ2v) is 5.74. The van der Waals surface area contributed by atoms with Crippen molar-refractivity contribution in [3.63, 3.8) is 0 Å². The Kier molecular flexibility index (Phi) is 5.94. The fourth-order valence-electron chi connectivity index (χ4n) is 1.44. The molecule has 0 aliphatic carbocycles. The van der Waals surface area contributed by atoms with Gasteiger partial charge in [0.1, 0.15) is 0 Å². The second kappa shape index (κ2) is 7.22. The maximum absolute atomic E-state index is 11.6. The number of benzene rings is 1. The lowest BCUT2D eigenvalue weighted by Gasteiger charge is -2.13. The molecule has 1 unspecified atom stereocenters. The number of esters is 1. The molecule has 106 valence electrons.